The fourth-order valence-corrected chi connectivity index (χ4v) is 6.33. The van der Waals surface area contributed by atoms with Crippen molar-refractivity contribution < 1.29 is 55.8 Å². The molecule has 2 amide bonds. The third-order valence-corrected chi connectivity index (χ3v) is 8.98. The number of nitrogens with one attached hydrogen (secondary N) is 1. The highest BCUT2D eigenvalue weighted by molar-refractivity contribution is 5.91. The fraction of sp³-hybridized carbons (Fsp3) is 0.571. The Morgan fingerprint density at radius 2 is 1.31 bits per heavy atom. The highest BCUT2D eigenvalue weighted by atomic mass is 35.5. The highest BCUT2D eigenvalue weighted by Crippen LogP contribution is 2.24. The Morgan fingerprint density at radius 1 is 0.782 bits per heavy atom. The van der Waals surface area contributed by atoms with Crippen molar-refractivity contribution in [2.24, 2.45) is 5.92 Å². The Bertz CT molecular complexity index is 1560. The molecular formula is C42H63ClN4O8. The molecule has 13 heteroatoms. The highest BCUT2D eigenvalue weighted by Gasteiger charge is 2.41. The molecule has 0 spiro atoms. The molecule has 2 aliphatic rings. The minimum absolute atomic E-state index is 0. The molecule has 1 saturated heterocycles. The van der Waals surface area contributed by atoms with E-state index in [9.17, 15) is 19.2 Å². The minimum Gasteiger partial charge on any atom is -1.00 e. The van der Waals surface area contributed by atoms with E-state index in [0.29, 0.717) is 38.2 Å². The molecule has 1 fully saturated rings. The van der Waals surface area contributed by atoms with E-state index in [1.165, 1.54) is 5.56 Å². The van der Waals surface area contributed by atoms with Gasteiger partial charge in [0.25, 0.3) is 0 Å². The molecule has 0 bridgehead atoms. The van der Waals surface area contributed by atoms with Crippen LogP contribution in [-0.2, 0) is 28.5 Å². The van der Waals surface area contributed by atoms with Gasteiger partial charge < -0.3 is 51.8 Å². The van der Waals surface area contributed by atoms with Crippen LogP contribution in [0.25, 0.3) is 0 Å². The number of likely N-dealkylation sites (tertiary alicyclic amines) is 1. The first kappa shape index (κ1) is 46.9. The molecule has 0 aromatic heterocycles. The van der Waals surface area contributed by atoms with Crippen LogP contribution in [0.5, 0.6) is 0 Å². The van der Waals surface area contributed by atoms with E-state index in [1.807, 2.05) is 97.0 Å². The van der Waals surface area contributed by atoms with Crippen molar-refractivity contribution >= 4 is 24.1 Å². The van der Waals surface area contributed by atoms with Crippen molar-refractivity contribution in [3.8, 4) is 0 Å². The summed E-state index contributed by atoms with van der Waals surface area (Å²) in [5.41, 5.74) is 2.52. The summed E-state index contributed by atoms with van der Waals surface area (Å²) in [7, 11) is 0. The van der Waals surface area contributed by atoms with E-state index in [4.69, 9.17) is 18.9 Å². The zero-order valence-corrected chi connectivity index (χ0v) is 35.1. The van der Waals surface area contributed by atoms with Crippen LogP contribution in [0.1, 0.15) is 105 Å². The lowest BCUT2D eigenvalue weighted by molar-refractivity contribution is -0.731. The molecule has 4 atom stereocenters. The normalized spacial score (nSPS) is 18.4. The van der Waals surface area contributed by atoms with Crippen LogP contribution in [-0.4, -0.2) is 90.6 Å². The molecule has 0 aliphatic carbocycles. The lowest BCUT2D eigenvalue weighted by Crippen LogP contribution is -3.00. The number of nitrogens with two attached hydrogens (primary N) is 1. The van der Waals surface area contributed by atoms with Crippen LogP contribution in [0.2, 0.25) is 0 Å². The fourth-order valence-electron chi connectivity index (χ4n) is 6.33. The number of piperidine rings is 1. The van der Waals surface area contributed by atoms with E-state index in [0.717, 1.165) is 17.7 Å². The number of nitrogens with zero attached hydrogens (tertiary/aromatic N) is 2. The summed E-state index contributed by atoms with van der Waals surface area (Å²) in [4.78, 5) is 53.1. The monoisotopic (exact) mass is 786 g/mol. The number of halogens is 1. The minimum atomic E-state index is -0.578. The molecule has 0 radical (unpaired) electrons. The zero-order valence-electron chi connectivity index (χ0n) is 34.4. The number of hydrogen-bond donors (Lipinski definition) is 2. The van der Waals surface area contributed by atoms with Crippen LogP contribution in [0.4, 0.5) is 9.59 Å². The lowest BCUT2D eigenvalue weighted by Gasteiger charge is -2.37. The standard InChI is InChI=1S/C21H32N2O4.C21H30N2O4.ClH/c2*1-6-26-19(24)17-14-23(20(25)27-21(3,4)5)13-12-18(17)22-15(2)16-10-8-7-9-11-16;/h7-11,15,17-18,22H,6,12-14H2,1-5H3;7-11,15,22H,6,12-14H2,1-5H3;1H/t15-,17?,18?;15-;/m11./s1. The number of benzene rings is 2. The largest absolute Gasteiger partial charge is 1.00 e. The molecule has 2 aromatic rings. The summed E-state index contributed by atoms with van der Waals surface area (Å²) in [6, 6.07) is 20.6. The summed E-state index contributed by atoms with van der Waals surface area (Å²) in [6.07, 6.45) is 0.482. The van der Waals surface area contributed by atoms with Gasteiger partial charge in [0.05, 0.1) is 25.3 Å². The third kappa shape index (κ3) is 15.4. The van der Waals surface area contributed by atoms with Gasteiger partial charge in [-0.3, -0.25) is 4.79 Å². The summed E-state index contributed by atoms with van der Waals surface area (Å²) in [6.45, 7) is 21.0. The maximum absolute atomic E-state index is 12.6. The van der Waals surface area contributed by atoms with Gasteiger partial charge in [0, 0.05) is 49.8 Å². The predicted molar refractivity (Wildman–Crippen MR) is 207 cm³/mol. The van der Waals surface area contributed by atoms with Crippen molar-refractivity contribution in [2.45, 2.75) is 111 Å². The van der Waals surface area contributed by atoms with Crippen molar-refractivity contribution in [3.05, 3.63) is 83.1 Å². The lowest BCUT2D eigenvalue weighted by atomic mass is 9.91. The van der Waals surface area contributed by atoms with E-state index >= 15 is 0 Å². The number of quaternary nitrogens is 1. The number of hydrogen-bond acceptors (Lipinski definition) is 9. The first-order valence-corrected chi connectivity index (χ1v) is 19.1. The molecule has 2 aliphatic heterocycles. The zero-order chi connectivity index (χ0) is 40.1. The Morgan fingerprint density at radius 3 is 1.84 bits per heavy atom. The average molecular weight is 787 g/mol. The second-order valence-electron chi connectivity index (χ2n) is 15.7. The SMILES string of the molecule is CCOC(=O)C1=C(N[C@H](C)c2ccccc2)CCN(C(=O)OC(C)(C)C)C1.CCOC(=O)C1CN(C(=O)OC(C)(C)C)CCC1[NH2+][C@H](C)c1ccccc1.[Cl-]. The molecule has 3 N–H and O–H groups in total. The average Bonchev–Trinajstić information content (AvgIpc) is 3.11. The molecule has 306 valence electrons. The van der Waals surface area contributed by atoms with Crippen molar-refractivity contribution in [2.75, 3.05) is 39.4 Å². The van der Waals surface area contributed by atoms with Gasteiger partial charge in [0.15, 0.2) is 0 Å². The van der Waals surface area contributed by atoms with Gasteiger partial charge in [-0.05, 0) is 74.8 Å². The van der Waals surface area contributed by atoms with Crippen molar-refractivity contribution in [3.63, 3.8) is 0 Å². The van der Waals surface area contributed by atoms with E-state index in [2.05, 4.69) is 29.7 Å². The second kappa shape index (κ2) is 21.7. The van der Waals surface area contributed by atoms with Gasteiger partial charge in [-0.25, -0.2) is 14.4 Å². The molecule has 12 nitrogen and oxygen atoms in total. The van der Waals surface area contributed by atoms with Crippen LogP contribution >= 0.6 is 0 Å². The van der Waals surface area contributed by atoms with Crippen LogP contribution in [0, 0.1) is 5.92 Å². The Kier molecular flexibility index (Phi) is 18.5. The maximum atomic E-state index is 12.6. The second-order valence-corrected chi connectivity index (χ2v) is 15.7. The topological polar surface area (TPSA) is 140 Å². The maximum Gasteiger partial charge on any atom is 0.410 e. The van der Waals surface area contributed by atoms with Gasteiger partial charge in [0.1, 0.15) is 29.2 Å². The van der Waals surface area contributed by atoms with Gasteiger partial charge in [-0.1, -0.05) is 60.7 Å². The van der Waals surface area contributed by atoms with Crippen LogP contribution in [0.15, 0.2) is 71.9 Å². The number of carbonyl (C=O) groups is 4. The Balaban J connectivity index is 0.000000373. The summed E-state index contributed by atoms with van der Waals surface area (Å²) >= 11 is 0. The quantitative estimate of drug-likeness (QED) is 0.275. The molecule has 2 aromatic carbocycles. The molecule has 0 saturated carbocycles. The molecular weight excluding hydrogens is 724 g/mol. The van der Waals surface area contributed by atoms with E-state index in [-0.39, 0.29) is 61.7 Å². The predicted octanol–water partition coefficient (Wildman–Crippen LogP) is 3.30. The smallest absolute Gasteiger partial charge is 0.410 e. The molecule has 55 heavy (non-hydrogen) atoms. The summed E-state index contributed by atoms with van der Waals surface area (Å²) in [5, 5.41) is 5.66. The summed E-state index contributed by atoms with van der Waals surface area (Å²) < 4.78 is 21.4. The first-order chi connectivity index (χ1) is 25.4. The van der Waals surface area contributed by atoms with Gasteiger partial charge in [0.2, 0.25) is 0 Å². The van der Waals surface area contributed by atoms with E-state index in [1.54, 1.807) is 23.6 Å². The van der Waals surface area contributed by atoms with Crippen molar-refractivity contribution in [1.82, 2.24) is 15.1 Å². The Labute approximate surface area is 334 Å². The van der Waals surface area contributed by atoms with E-state index < -0.39 is 23.3 Å². The molecule has 2 unspecified atom stereocenters. The number of esters is 2. The molecule has 2 heterocycles. The summed E-state index contributed by atoms with van der Waals surface area (Å²) in [5.74, 6) is -1.00. The number of ether oxygens (including phenoxy) is 4. The van der Waals surface area contributed by atoms with Crippen molar-refractivity contribution in [1.29, 1.82) is 0 Å². The Hall–Kier alpha value is -4.29. The van der Waals surface area contributed by atoms with Gasteiger partial charge >= 0.3 is 24.1 Å². The number of amides is 2. The van der Waals surface area contributed by atoms with Crippen LogP contribution < -0.4 is 23.0 Å². The van der Waals surface area contributed by atoms with Crippen LogP contribution in [0.3, 0.4) is 0 Å². The number of carbonyl (C=O) groups excluding carboxylic acids is 4. The molecule has 4 rings (SSSR count). The van der Waals surface area contributed by atoms with Gasteiger partial charge in [-0.15, -0.1) is 0 Å². The van der Waals surface area contributed by atoms with Gasteiger partial charge in [-0.2, -0.15) is 0 Å². The number of rotatable bonds is 10. The third-order valence-electron chi connectivity index (χ3n) is 8.98. The first-order valence-electron chi connectivity index (χ1n) is 19.1.